The lowest BCUT2D eigenvalue weighted by Gasteiger charge is -2.30. The zero-order chi connectivity index (χ0) is 12.4. The van der Waals surface area contributed by atoms with Gasteiger partial charge in [0.2, 0.25) is 0 Å². The van der Waals surface area contributed by atoms with Crippen LogP contribution in [0, 0.1) is 5.82 Å². The standard InChI is InChI=1S/C12H15BrFNOS/c1-2-9-6-17(16)7-12(15-9)10-4-3-8(14)5-11(10)13/h3-5,9,12,15H,2,6-7H2,1H3. The van der Waals surface area contributed by atoms with Crippen molar-refractivity contribution in [1.82, 2.24) is 5.32 Å². The van der Waals surface area contributed by atoms with Crippen molar-refractivity contribution >= 4 is 26.7 Å². The van der Waals surface area contributed by atoms with Crippen LogP contribution in [0.4, 0.5) is 4.39 Å². The second-order valence-corrected chi connectivity index (χ2v) is 6.66. The molecule has 0 spiro atoms. The molecule has 0 radical (unpaired) electrons. The summed E-state index contributed by atoms with van der Waals surface area (Å²) < 4.78 is 25.5. The summed E-state index contributed by atoms with van der Waals surface area (Å²) >= 11 is 3.37. The van der Waals surface area contributed by atoms with Gasteiger partial charge in [-0.3, -0.25) is 4.21 Å². The Labute approximate surface area is 112 Å². The van der Waals surface area contributed by atoms with Crippen molar-refractivity contribution in [2.24, 2.45) is 0 Å². The fourth-order valence-corrected chi connectivity index (χ4v) is 4.25. The predicted octanol–water partition coefficient (Wildman–Crippen LogP) is 2.76. The Bertz CT molecular complexity index is 441. The summed E-state index contributed by atoms with van der Waals surface area (Å²) in [5.74, 6) is 1.05. The molecular formula is C12H15BrFNOS. The van der Waals surface area contributed by atoms with Gasteiger partial charge < -0.3 is 5.32 Å². The summed E-state index contributed by atoms with van der Waals surface area (Å²) in [7, 11) is -0.791. The van der Waals surface area contributed by atoms with E-state index in [1.165, 1.54) is 12.1 Å². The molecule has 0 bridgehead atoms. The lowest BCUT2D eigenvalue weighted by molar-refractivity contribution is 0.454. The first-order chi connectivity index (χ1) is 8.10. The van der Waals surface area contributed by atoms with Crippen LogP contribution in [-0.2, 0) is 10.8 Å². The second kappa shape index (κ2) is 5.59. The highest BCUT2D eigenvalue weighted by Gasteiger charge is 2.26. The summed E-state index contributed by atoms with van der Waals surface area (Å²) in [6.07, 6.45) is 0.959. The van der Waals surface area contributed by atoms with E-state index in [1.807, 2.05) is 0 Å². The van der Waals surface area contributed by atoms with Gasteiger partial charge in [0.15, 0.2) is 0 Å². The maximum absolute atomic E-state index is 13.0. The van der Waals surface area contributed by atoms with E-state index < -0.39 is 10.8 Å². The van der Waals surface area contributed by atoms with Gasteiger partial charge in [-0.1, -0.05) is 28.9 Å². The molecule has 1 aromatic carbocycles. The molecule has 0 amide bonds. The summed E-state index contributed by atoms with van der Waals surface area (Å²) in [5, 5.41) is 3.46. The zero-order valence-corrected chi connectivity index (χ0v) is 12.0. The molecule has 5 heteroatoms. The van der Waals surface area contributed by atoms with Gasteiger partial charge >= 0.3 is 0 Å². The van der Waals surface area contributed by atoms with E-state index in [-0.39, 0.29) is 17.9 Å². The van der Waals surface area contributed by atoms with Crippen LogP contribution in [0.5, 0.6) is 0 Å². The number of rotatable bonds is 2. The SMILES string of the molecule is CCC1CS(=O)CC(c2ccc(F)cc2Br)N1. The van der Waals surface area contributed by atoms with Crippen LogP contribution in [0.15, 0.2) is 22.7 Å². The lowest BCUT2D eigenvalue weighted by Crippen LogP contribution is -2.44. The monoisotopic (exact) mass is 319 g/mol. The van der Waals surface area contributed by atoms with Crippen molar-refractivity contribution in [1.29, 1.82) is 0 Å². The Morgan fingerprint density at radius 2 is 2.29 bits per heavy atom. The van der Waals surface area contributed by atoms with Gasteiger partial charge in [0.1, 0.15) is 5.82 Å². The van der Waals surface area contributed by atoms with Gasteiger partial charge in [0.25, 0.3) is 0 Å². The van der Waals surface area contributed by atoms with E-state index in [2.05, 4.69) is 28.2 Å². The molecule has 1 heterocycles. The Hall–Kier alpha value is -0.260. The van der Waals surface area contributed by atoms with Crippen molar-refractivity contribution in [3.8, 4) is 0 Å². The summed E-state index contributed by atoms with van der Waals surface area (Å²) in [5.41, 5.74) is 0.984. The minimum Gasteiger partial charge on any atom is -0.305 e. The molecule has 1 aromatic rings. The fourth-order valence-electron chi connectivity index (χ4n) is 2.06. The summed E-state index contributed by atoms with van der Waals surface area (Å²) in [6.45, 7) is 2.08. The number of hydrogen-bond acceptors (Lipinski definition) is 2. The molecule has 3 atom stereocenters. The Balaban J connectivity index is 2.23. The third kappa shape index (κ3) is 3.14. The molecule has 1 saturated heterocycles. The predicted molar refractivity (Wildman–Crippen MR) is 71.9 cm³/mol. The molecule has 94 valence electrons. The Kier molecular flexibility index (Phi) is 4.33. The van der Waals surface area contributed by atoms with Crippen LogP contribution in [-0.4, -0.2) is 21.8 Å². The third-order valence-corrected chi connectivity index (χ3v) is 5.17. The maximum Gasteiger partial charge on any atom is 0.124 e. The number of benzene rings is 1. The van der Waals surface area contributed by atoms with E-state index >= 15 is 0 Å². The van der Waals surface area contributed by atoms with Gasteiger partial charge in [-0.25, -0.2) is 4.39 Å². The topological polar surface area (TPSA) is 29.1 Å². The highest BCUT2D eigenvalue weighted by Crippen LogP contribution is 2.27. The Morgan fingerprint density at radius 1 is 1.53 bits per heavy atom. The van der Waals surface area contributed by atoms with E-state index in [0.29, 0.717) is 11.5 Å². The molecule has 0 aliphatic carbocycles. The van der Waals surface area contributed by atoms with Gasteiger partial charge in [-0.15, -0.1) is 0 Å². The first-order valence-corrected chi connectivity index (χ1v) is 7.94. The maximum atomic E-state index is 13.0. The largest absolute Gasteiger partial charge is 0.305 e. The Morgan fingerprint density at radius 3 is 2.94 bits per heavy atom. The minimum atomic E-state index is -0.791. The molecule has 3 unspecified atom stereocenters. The van der Waals surface area contributed by atoms with Gasteiger partial charge in [0, 0.05) is 38.9 Å². The van der Waals surface area contributed by atoms with Crippen LogP contribution in [0.2, 0.25) is 0 Å². The van der Waals surface area contributed by atoms with E-state index in [9.17, 15) is 8.60 Å². The zero-order valence-electron chi connectivity index (χ0n) is 9.58. The van der Waals surface area contributed by atoms with Crippen LogP contribution >= 0.6 is 15.9 Å². The first kappa shape index (κ1) is 13.2. The van der Waals surface area contributed by atoms with Crippen LogP contribution in [0.25, 0.3) is 0 Å². The molecule has 0 saturated carbocycles. The average molecular weight is 320 g/mol. The molecule has 1 N–H and O–H groups in total. The van der Waals surface area contributed by atoms with Gasteiger partial charge in [0.05, 0.1) is 0 Å². The van der Waals surface area contributed by atoms with Crippen molar-refractivity contribution in [3.63, 3.8) is 0 Å². The lowest BCUT2D eigenvalue weighted by atomic mass is 10.1. The van der Waals surface area contributed by atoms with Gasteiger partial charge in [-0.05, 0) is 24.1 Å². The quantitative estimate of drug-likeness (QED) is 0.908. The van der Waals surface area contributed by atoms with Gasteiger partial charge in [-0.2, -0.15) is 0 Å². The highest BCUT2D eigenvalue weighted by atomic mass is 79.9. The highest BCUT2D eigenvalue weighted by molar-refractivity contribution is 9.10. The van der Waals surface area contributed by atoms with Crippen molar-refractivity contribution < 1.29 is 8.60 Å². The van der Waals surface area contributed by atoms with Crippen LogP contribution in [0.1, 0.15) is 24.9 Å². The fraction of sp³-hybridized carbons (Fsp3) is 0.500. The molecule has 1 aliphatic rings. The molecule has 17 heavy (non-hydrogen) atoms. The third-order valence-electron chi connectivity index (χ3n) is 3.01. The molecule has 2 nitrogen and oxygen atoms in total. The second-order valence-electron chi connectivity index (χ2n) is 4.26. The van der Waals surface area contributed by atoms with E-state index in [1.54, 1.807) is 6.07 Å². The average Bonchev–Trinajstić information content (AvgIpc) is 2.28. The first-order valence-electron chi connectivity index (χ1n) is 5.66. The van der Waals surface area contributed by atoms with Crippen LogP contribution in [0.3, 0.4) is 0 Å². The minimum absolute atomic E-state index is 0.0458. The van der Waals surface area contributed by atoms with Crippen molar-refractivity contribution in [2.45, 2.75) is 25.4 Å². The number of nitrogens with one attached hydrogen (secondary N) is 1. The number of hydrogen-bond donors (Lipinski definition) is 1. The smallest absolute Gasteiger partial charge is 0.124 e. The summed E-state index contributed by atoms with van der Waals surface area (Å²) in [4.78, 5) is 0. The summed E-state index contributed by atoms with van der Waals surface area (Å²) in [6, 6.07) is 4.98. The van der Waals surface area contributed by atoms with Crippen LogP contribution < -0.4 is 5.32 Å². The van der Waals surface area contributed by atoms with E-state index in [4.69, 9.17) is 0 Å². The molecule has 1 fully saturated rings. The molecule has 0 aromatic heterocycles. The van der Waals surface area contributed by atoms with Crippen molar-refractivity contribution in [2.75, 3.05) is 11.5 Å². The van der Waals surface area contributed by atoms with Crippen molar-refractivity contribution in [3.05, 3.63) is 34.1 Å². The molecular weight excluding hydrogens is 305 g/mol. The number of halogens is 2. The molecule has 1 aliphatic heterocycles. The van der Waals surface area contributed by atoms with E-state index in [0.717, 1.165) is 16.5 Å². The molecule has 2 rings (SSSR count). The normalized spacial score (nSPS) is 29.2.